The number of rotatable bonds is 5. The van der Waals surface area contributed by atoms with E-state index in [1.165, 1.54) is 12.1 Å². The number of benzene rings is 2. The molecular weight excluding hydrogens is 281 g/mol. The van der Waals surface area contributed by atoms with Crippen LogP contribution in [0.1, 0.15) is 11.1 Å². The van der Waals surface area contributed by atoms with Crippen LogP contribution in [0, 0.1) is 0 Å². The number of alkyl halides is 3. The highest BCUT2D eigenvalue weighted by molar-refractivity contribution is 5.30. The summed E-state index contributed by atoms with van der Waals surface area (Å²) < 4.78 is 42.9. The zero-order valence-corrected chi connectivity index (χ0v) is 11.2. The predicted molar refractivity (Wildman–Crippen MR) is 73.1 cm³/mol. The van der Waals surface area contributed by atoms with Crippen molar-refractivity contribution in [2.24, 2.45) is 0 Å². The van der Waals surface area contributed by atoms with Gasteiger partial charge >= 0.3 is 6.18 Å². The lowest BCUT2D eigenvalue weighted by atomic mass is 10.1. The molecule has 0 heterocycles. The summed E-state index contributed by atoms with van der Waals surface area (Å²) in [6.07, 6.45) is -4.79. The third-order valence-corrected chi connectivity index (χ3v) is 2.92. The van der Waals surface area contributed by atoms with E-state index in [-0.39, 0.29) is 12.4 Å². The molecule has 2 rings (SSSR count). The molecule has 21 heavy (non-hydrogen) atoms. The molecule has 0 saturated carbocycles. The maximum Gasteiger partial charge on any atom is 0.416 e. The van der Waals surface area contributed by atoms with Crippen molar-refractivity contribution in [1.82, 2.24) is 0 Å². The number of hydrogen-bond donors (Lipinski definition) is 1. The van der Waals surface area contributed by atoms with Crippen LogP contribution < -0.4 is 4.74 Å². The van der Waals surface area contributed by atoms with Crippen molar-refractivity contribution in [1.29, 1.82) is 0 Å². The first-order chi connectivity index (χ1) is 9.95. The van der Waals surface area contributed by atoms with Gasteiger partial charge in [0.2, 0.25) is 0 Å². The van der Waals surface area contributed by atoms with Crippen molar-refractivity contribution in [2.45, 2.75) is 18.7 Å². The van der Waals surface area contributed by atoms with Crippen molar-refractivity contribution in [3.8, 4) is 5.75 Å². The van der Waals surface area contributed by atoms with Crippen molar-refractivity contribution >= 4 is 0 Å². The van der Waals surface area contributed by atoms with E-state index in [0.717, 1.165) is 17.7 Å². The molecule has 2 nitrogen and oxygen atoms in total. The highest BCUT2D eigenvalue weighted by atomic mass is 19.4. The Balaban J connectivity index is 1.91. The van der Waals surface area contributed by atoms with Gasteiger partial charge in [-0.15, -0.1) is 0 Å². The Morgan fingerprint density at radius 1 is 1.00 bits per heavy atom. The van der Waals surface area contributed by atoms with E-state index in [2.05, 4.69) is 0 Å². The Labute approximate surface area is 120 Å². The molecule has 1 N–H and O–H groups in total. The number of ether oxygens (including phenoxy) is 1. The van der Waals surface area contributed by atoms with Crippen molar-refractivity contribution < 1.29 is 23.0 Å². The zero-order chi connectivity index (χ0) is 15.3. The van der Waals surface area contributed by atoms with Gasteiger partial charge in [0.15, 0.2) is 0 Å². The van der Waals surface area contributed by atoms with Gasteiger partial charge in [0.25, 0.3) is 0 Å². The van der Waals surface area contributed by atoms with Crippen LogP contribution in [0.4, 0.5) is 13.2 Å². The highest BCUT2D eigenvalue weighted by Gasteiger charge is 2.30. The highest BCUT2D eigenvalue weighted by Crippen LogP contribution is 2.31. The minimum atomic E-state index is -4.40. The fourth-order valence-corrected chi connectivity index (χ4v) is 1.90. The third kappa shape index (κ3) is 4.79. The van der Waals surface area contributed by atoms with Gasteiger partial charge in [-0.25, -0.2) is 0 Å². The zero-order valence-electron chi connectivity index (χ0n) is 11.2. The molecule has 0 bridgehead atoms. The Morgan fingerprint density at radius 3 is 2.38 bits per heavy atom. The molecule has 1 unspecified atom stereocenters. The first kappa shape index (κ1) is 15.4. The van der Waals surface area contributed by atoms with Gasteiger partial charge in [-0.1, -0.05) is 36.4 Å². The second kappa shape index (κ2) is 6.63. The van der Waals surface area contributed by atoms with Gasteiger partial charge in [0.05, 0.1) is 11.7 Å². The summed E-state index contributed by atoms with van der Waals surface area (Å²) in [5.41, 5.74) is 0.176. The van der Waals surface area contributed by atoms with E-state index in [9.17, 15) is 18.3 Å². The van der Waals surface area contributed by atoms with Gasteiger partial charge < -0.3 is 9.84 Å². The van der Waals surface area contributed by atoms with Crippen LogP contribution in [0.5, 0.6) is 5.75 Å². The molecule has 0 spiro atoms. The van der Waals surface area contributed by atoms with Crippen molar-refractivity contribution in [3.63, 3.8) is 0 Å². The molecule has 0 aliphatic carbocycles. The Hall–Kier alpha value is -2.01. The smallest absolute Gasteiger partial charge is 0.416 e. The van der Waals surface area contributed by atoms with E-state index >= 15 is 0 Å². The Bertz CT molecular complexity index is 567. The second-order valence-corrected chi connectivity index (χ2v) is 4.68. The summed E-state index contributed by atoms with van der Waals surface area (Å²) >= 11 is 0. The van der Waals surface area contributed by atoms with Crippen molar-refractivity contribution in [2.75, 3.05) is 6.61 Å². The predicted octanol–water partition coefficient (Wildman–Crippen LogP) is 3.69. The molecule has 112 valence electrons. The summed E-state index contributed by atoms with van der Waals surface area (Å²) in [7, 11) is 0. The summed E-state index contributed by atoms with van der Waals surface area (Å²) in [6, 6.07) is 13.9. The fourth-order valence-electron chi connectivity index (χ4n) is 1.90. The summed E-state index contributed by atoms with van der Waals surface area (Å²) in [5.74, 6) is 0.0944. The van der Waals surface area contributed by atoms with E-state index in [1.54, 1.807) is 0 Å². The van der Waals surface area contributed by atoms with Gasteiger partial charge in [-0.3, -0.25) is 0 Å². The Kier molecular flexibility index (Phi) is 4.85. The number of aliphatic hydroxyl groups is 1. The molecule has 2 aromatic rings. The maximum atomic E-state index is 12.5. The maximum absolute atomic E-state index is 12.5. The quantitative estimate of drug-likeness (QED) is 0.912. The van der Waals surface area contributed by atoms with Crippen LogP contribution in [0.2, 0.25) is 0 Å². The molecular formula is C16H15F3O2. The average Bonchev–Trinajstić information content (AvgIpc) is 2.46. The molecule has 1 atom stereocenters. The van der Waals surface area contributed by atoms with Crippen LogP contribution in [-0.4, -0.2) is 17.8 Å². The molecule has 0 aliphatic rings. The fraction of sp³-hybridized carbons (Fsp3) is 0.250. The lowest BCUT2D eigenvalue weighted by Gasteiger charge is -2.14. The average molecular weight is 296 g/mol. The second-order valence-electron chi connectivity index (χ2n) is 4.68. The van der Waals surface area contributed by atoms with Crippen molar-refractivity contribution in [3.05, 3.63) is 65.7 Å². The van der Waals surface area contributed by atoms with Gasteiger partial charge in [0, 0.05) is 6.42 Å². The standard InChI is InChI=1S/C16H15F3O2/c17-16(18,19)13-7-4-8-15(10-13)21-11-14(20)9-12-5-2-1-3-6-12/h1-8,10,14,20H,9,11H2. The van der Waals surface area contributed by atoms with Gasteiger partial charge in [0.1, 0.15) is 12.4 Å². The van der Waals surface area contributed by atoms with Crippen LogP contribution in [0.3, 0.4) is 0 Å². The SMILES string of the molecule is OC(COc1cccc(C(F)(F)F)c1)Cc1ccccc1. The van der Waals surface area contributed by atoms with Crippen LogP contribution in [0.15, 0.2) is 54.6 Å². The van der Waals surface area contributed by atoms with E-state index < -0.39 is 17.8 Å². The molecule has 5 heteroatoms. The third-order valence-electron chi connectivity index (χ3n) is 2.92. The van der Waals surface area contributed by atoms with Gasteiger partial charge in [-0.2, -0.15) is 13.2 Å². The topological polar surface area (TPSA) is 29.5 Å². The van der Waals surface area contributed by atoms with Crippen LogP contribution in [-0.2, 0) is 12.6 Å². The molecule has 2 aromatic carbocycles. The van der Waals surface area contributed by atoms with E-state index in [0.29, 0.717) is 6.42 Å². The Morgan fingerprint density at radius 2 is 1.71 bits per heavy atom. The van der Waals surface area contributed by atoms with Crippen LogP contribution in [0.25, 0.3) is 0 Å². The minimum Gasteiger partial charge on any atom is -0.491 e. The molecule has 0 aromatic heterocycles. The van der Waals surface area contributed by atoms with Gasteiger partial charge in [-0.05, 0) is 23.8 Å². The summed E-state index contributed by atoms with van der Waals surface area (Å²) in [5, 5.41) is 9.85. The molecule has 0 radical (unpaired) electrons. The molecule has 0 fully saturated rings. The normalized spacial score (nSPS) is 13.0. The summed E-state index contributed by atoms with van der Waals surface area (Å²) in [4.78, 5) is 0. The molecule has 0 amide bonds. The summed E-state index contributed by atoms with van der Waals surface area (Å²) in [6.45, 7) is -0.0593. The lowest BCUT2D eigenvalue weighted by molar-refractivity contribution is -0.137. The number of aliphatic hydroxyl groups excluding tert-OH is 1. The number of halogens is 3. The van der Waals surface area contributed by atoms with E-state index in [1.807, 2.05) is 30.3 Å². The lowest BCUT2D eigenvalue weighted by Crippen LogP contribution is -2.20. The first-order valence-electron chi connectivity index (χ1n) is 6.47. The van der Waals surface area contributed by atoms with E-state index in [4.69, 9.17) is 4.74 Å². The number of hydrogen-bond acceptors (Lipinski definition) is 2. The monoisotopic (exact) mass is 296 g/mol. The first-order valence-corrected chi connectivity index (χ1v) is 6.47. The minimum absolute atomic E-state index is 0.0593. The molecule has 0 saturated heterocycles. The van der Waals surface area contributed by atoms with Crippen LogP contribution >= 0.6 is 0 Å². The largest absolute Gasteiger partial charge is 0.491 e. The molecule has 0 aliphatic heterocycles.